The molecule has 8 nitrogen and oxygen atoms in total. The number of aryl methyl sites for hydroxylation is 1. The first-order chi connectivity index (χ1) is 17.7. The first-order valence-electron chi connectivity index (χ1n) is 13.3. The number of nitrogens with zero attached hydrogens (tertiary/aromatic N) is 1. The maximum Gasteiger partial charge on any atom is 0.407 e. The molecule has 0 aliphatic heterocycles. The van der Waals surface area contributed by atoms with Crippen LogP contribution in [0, 0.1) is 18.3 Å². The number of aromatic amines is 1. The molecule has 1 saturated carbocycles. The zero-order valence-electron chi connectivity index (χ0n) is 22.6. The number of quaternary nitrogens is 1. The molecule has 1 aromatic heterocycles. The van der Waals surface area contributed by atoms with E-state index in [-0.39, 0.29) is 24.6 Å². The number of ether oxygens (including phenoxy) is 1. The van der Waals surface area contributed by atoms with Gasteiger partial charge in [0.05, 0.1) is 24.5 Å². The Hall–Kier alpha value is -3.31. The summed E-state index contributed by atoms with van der Waals surface area (Å²) < 4.78 is 5.31. The number of hydrogen-bond donors (Lipinski definition) is 4. The lowest BCUT2D eigenvalue weighted by Gasteiger charge is -2.23. The van der Waals surface area contributed by atoms with E-state index in [0.717, 1.165) is 43.4 Å². The second kappa shape index (κ2) is 15.7. The van der Waals surface area contributed by atoms with Gasteiger partial charge in [-0.3, -0.25) is 9.89 Å². The summed E-state index contributed by atoms with van der Waals surface area (Å²) in [5.41, 5.74) is 6.29. The summed E-state index contributed by atoms with van der Waals surface area (Å²) in [6.07, 6.45) is 13.8. The van der Waals surface area contributed by atoms with Crippen LogP contribution >= 0.6 is 0 Å². The average Bonchev–Trinajstić information content (AvgIpc) is 3.59. The molecule has 3 rings (SSSR count). The fraction of sp³-hybridized carbons (Fsp3) is 0.552. The van der Waals surface area contributed by atoms with Gasteiger partial charge in [0, 0.05) is 19.4 Å². The normalized spacial score (nSPS) is 13.5. The molecular formula is C29H44N5O3+. The number of amides is 2. The van der Waals surface area contributed by atoms with E-state index in [2.05, 4.69) is 51.5 Å². The minimum atomic E-state index is -0.735. The molecule has 0 bridgehead atoms. The van der Waals surface area contributed by atoms with Crippen LogP contribution in [0.1, 0.15) is 82.2 Å². The number of benzene rings is 1. The number of terminal acetylenes is 1. The van der Waals surface area contributed by atoms with E-state index in [0.29, 0.717) is 18.9 Å². The molecule has 1 aliphatic carbocycles. The van der Waals surface area contributed by atoms with E-state index < -0.39 is 5.54 Å². The minimum Gasteiger partial charge on any atom is -0.449 e. The fourth-order valence-electron chi connectivity index (χ4n) is 3.62. The largest absolute Gasteiger partial charge is 0.449 e. The van der Waals surface area contributed by atoms with Crippen LogP contribution in [0.5, 0.6) is 0 Å². The molecule has 0 saturated heterocycles. The maximum atomic E-state index is 12.7. The predicted molar refractivity (Wildman–Crippen MR) is 145 cm³/mol. The van der Waals surface area contributed by atoms with E-state index in [9.17, 15) is 9.59 Å². The van der Waals surface area contributed by atoms with Gasteiger partial charge in [-0.15, -0.1) is 12.3 Å². The Morgan fingerprint density at radius 3 is 2.59 bits per heavy atom. The number of nitrogens with one attached hydrogen (secondary N) is 3. The van der Waals surface area contributed by atoms with Crippen molar-refractivity contribution in [3.63, 3.8) is 0 Å². The number of hydrogen-bond acceptors (Lipinski definition) is 4. The third-order valence-corrected chi connectivity index (χ3v) is 6.05. The molecule has 1 aromatic carbocycles. The quantitative estimate of drug-likeness (QED) is 0.307. The van der Waals surface area contributed by atoms with Gasteiger partial charge in [0.2, 0.25) is 0 Å². The SMILES string of the molecule is C#CCCC.CC(C)([NH3+])C(=O)NC(CCCc1ccccc1)c1[nH]ncc1CCOC(=O)NCC1CC1. The lowest BCUT2D eigenvalue weighted by Crippen LogP contribution is -2.75. The number of alkyl carbamates (subject to hydrolysis) is 1. The Labute approximate surface area is 221 Å². The number of carbonyl (C=O) groups excluding carboxylic acids is 2. The molecule has 2 aromatic rings. The first-order valence-corrected chi connectivity index (χ1v) is 13.3. The number of H-pyrrole nitrogens is 1. The highest BCUT2D eigenvalue weighted by Gasteiger charge is 2.30. The van der Waals surface area contributed by atoms with Crippen molar-refractivity contribution >= 4 is 12.0 Å². The Bertz CT molecular complexity index is 987. The van der Waals surface area contributed by atoms with Gasteiger partial charge in [0.25, 0.3) is 5.91 Å². The summed E-state index contributed by atoms with van der Waals surface area (Å²) in [7, 11) is 0. The lowest BCUT2D eigenvalue weighted by molar-refractivity contribution is -0.446. The average molecular weight is 511 g/mol. The number of aromatic nitrogens is 2. The zero-order chi connectivity index (χ0) is 27.1. The molecule has 1 fully saturated rings. The third-order valence-electron chi connectivity index (χ3n) is 6.05. The van der Waals surface area contributed by atoms with Crippen LogP contribution < -0.4 is 16.4 Å². The molecule has 1 heterocycles. The van der Waals surface area contributed by atoms with Crippen LogP contribution in [0.15, 0.2) is 36.5 Å². The maximum absolute atomic E-state index is 12.7. The van der Waals surface area contributed by atoms with Gasteiger partial charge < -0.3 is 21.1 Å². The van der Waals surface area contributed by atoms with Crippen LogP contribution in [-0.2, 0) is 22.4 Å². The summed E-state index contributed by atoms with van der Waals surface area (Å²) in [6.45, 7) is 6.61. The summed E-state index contributed by atoms with van der Waals surface area (Å²) >= 11 is 0. The number of carbonyl (C=O) groups is 2. The molecular weight excluding hydrogens is 466 g/mol. The standard InChI is InChI=1S/C24H35N5O3.C5H8/c1-24(2,25)22(30)28-20(10-6-9-17-7-4-3-5-8-17)21-19(16-27-29-21)13-14-32-23(31)26-15-18-11-12-18;1-3-5-4-2/h3-5,7-8,16,18,20H,6,9-15,25H2,1-2H3,(H,26,31)(H,27,29)(H,28,30);1H,4-5H2,2H3/p+1. The van der Waals surface area contributed by atoms with Gasteiger partial charge in [-0.05, 0) is 69.4 Å². The smallest absolute Gasteiger partial charge is 0.407 e. The monoisotopic (exact) mass is 510 g/mol. The number of unbranched alkanes of at least 4 members (excludes halogenated alkanes) is 1. The second-order valence-electron chi connectivity index (χ2n) is 10.3. The molecule has 202 valence electrons. The van der Waals surface area contributed by atoms with Crippen molar-refractivity contribution in [2.45, 2.75) is 83.7 Å². The van der Waals surface area contributed by atoms with E-state index in [4.69, 9.17) is 11.2 Å². The van der Waals surface area contributed by atoms with Gasteiger partial charge in [-0.1, -0.05) is 37.3 Å². The zero-order valence-corrected chi connectivity index (χ0v) is 22.6. The molecule has 1 unspecified atom stereocenters. The topological polar surface area (TPSA) is 124 Å². The second-order valence-corrected chi connectivity index (χ2v) is 10.3. The van der Waals surface area contributed by atoms with Gasteiger partial charge in [0.1, 0.15) is 0 Å². The molecule has 1 atom stereocenters. The van der Waals surface area contributed by atoms with Crippen LogP contribution in [-0.4, -0.2) is 40.9 Å². The van der Waals surface area contributed by atoms with Crippen molar-refractivity contribution in [1.29, 1.82) is 0 Å². The Morgan fingerprint density at radius 1 is 1.27 bits per heavy atom. The van der Waals surface area contributed by atoms with E-state index >= 15 is 0 Å². The van der Waals surface area contributed by atoms with Gasteiger partial charge in [-0.25, -0.2) is 4.79 Å². The van der Waals surface area contributed by atoms with Crippen molar-refractivity contribution in [3.8, 4) is 12.3 Å². The van der Waals surface area contributed by atoms with Crippen molar-refractivity contribution < 1.29 is 20.1 Å². The molecule has 8 heteroatoms. The molecule has 2 amide bonds. The van der Waals surface area contributed by atoms with Gasteiger partial charge in [-0.2, -0.15) is 5.10 Å². The predicted octanol–water partition coefficient (Wildman–Crippen LogP) is 3.71. The fourth-order valence-corrected chi connectivity index (χ4v) is 3.62. The Balaban J connectivity index is 0.000000877. The van der Waals surface area contributed by atoms with Crippen LogP contribution in [0.25, 0.3) is 0 Å². The van der Waals surface area contributed by atoms with Crippen molar-refractivity contribution in [1.82, 2.24) is 20.8 Å². The summed E-state index contributed by atoms with van der Waals surface area (Å²) in [5.74, 6) is 3.02. The van der Waals surface area contributed by atoms with Crippen molar-refractivity contribution in [2.24, 2.45) is 5.92 Å². The molecule has 1 aliphatic rings. The summed E-state index contributed by atoms with van der Waals surface area (Å²) in [5, 5.41) is 13.2. The lowest BCUT2D eigenvalue weighted by atomic mass is 9.98. The highest BCUT2D eigenvalue weighted by Crippen LogP contribution is 2.27. The van der Waals surface area contributed by atoms with E-state index in [1.54, 1.807) is 20.0 Å². The van der Waals surface area contributed by atoms with E-state index in [1.165, 1.54) is 18.4 Å². The highest BCUT2D eigenvalue weighted by molar-refractivity contribution is 5.83. The van der Waals surface area contributed by atoms with Crippen LogP contribution in [0.2, 0.25) is 0 Å². The van der Waals surface area contributed by atoms with Crippen molar-refractivity contribution in [3.05, 3.63) is 53.3 Å². The first kappa shape index (κ1) is 29.9. The minimum absolute atomic E-state index is 0.113. The Kier molecular flexibility index (Phi) is 12.7. The Morgan fingerprint density at radius 2 is 2.00 bits per heavy atom. The molecule has 0 radical (unpaired) electrons. The highest BCUT2D eigenvalue weighted by atomic mass is 16.5. The van der Waals surface area contributed by atoms with Gasteiger partial charge >= 0.3 is 6.09 Å². The van der Waals surface area contributed by atoms with Crippen molar-refractivity contribution in [2.75, 3.05) is 13.2 Å². The summed E-state index contributed by atoms with van der Waals surface area (Å²) in [6, 6.07) is 10.1. The van der Waals surface area contributed by atoms with Gasteiger partial charge in [0.15, 0.2) is 5.54 Å². The van der Waals surface area contributed by atoms with Crippen LogP contribution in [0.4, 0.5) is 4.79 Å². The van der Waals surface area contributed by atoms with E-state index in [1.807, 2.05) is 18.2 Å². The van der Waals surface area contributed by atoms with Crippen LogP contribution in [0.3, 0.4) is 0 Å². The molecule has 37 heavy (non-hydrogen) atoms. The molecule has 6 N–H and O–H groups in total. The molecule has 0 spiro atoms. The summed E-state index contributed by atoms with van der Waals surface area (Å²) in [4.78, 5) is 24.5. The third kappa shape index (κ3) is 12.0. The number of rotatable bonds is 13.